The third kappa shape index (κ3) is 1.71. The van der Waals surface area contributed by atoms with Crippen LogP contribution in [0.5, 0.6) is 0 Å². The zero-order valence-electron chi connectivity index (χ0n) is 8.03. The van der Waals surface area contributed by atoms with Crippen LogP contribution in [-0.2, 0) is 14.4 Å². The van der Waals surface area contributed by atoms with Crippen molar-refractivity contribution in [3.8, 4) is 0 Å². The minimum absolute atomic E-state index is 0.0764. The molecule has 0 unspecified atom stereocenters. The molecule has 0 aliphatic carbocycles. The number of carbonyl (C=O) groups is 3. The third-order valence-corrected chi connectivity index (χ3v) is 3.23. The maximum Gasteiger partial charge on any atom is 0.237 e. The van der Waals surface area contributed by atoms with Gasteiger partial charge >= 0.3 is 0 Å². The molecule has 1 N–H and O–H groups in total. The van der Waals surface area contributed by atoms with Gasteiger partial charge in [0.1, 0.15) is 5.88 Å². The average Bonchev–Trinajstić information content (AvgIpc) is 2.53. The lowest BCUT2D eigenvalue weighted by molar-refractivity contribution is -0.134. The molecule has 0 aromatic rings. The van der Waals surface area contributed by atoms with Crippen LogP contribution in [0, 0.1) is 11.8 Å². The average molecular weight is 231 g/mol. The molecule has 0 aromatic heterocycles. The van der Waals surface area contributed by atoms with Gasteiger partial charge < -0.3 is 4.90 Å². The number of nitrogens with one attached hydrogen (secondary N) is 1. The van der Waals surface area contributed by atoms with Crippen LogP contribution in [0.1, 0.15) is 6.42 Å². The molecule has 2 rings (SSSR count). The van der Waals surface area contributed by atoms with E-state index in [1.165, 1.54) is 0 Å². The summed E-state index contributed by atoms with van der Waals surface area (Å²) in [6, 6.07) is 0. The molecular weight excluding hydrogens is 220 g/mol. The monoisotopic (exact) mass is 230 g/mol. The van der Waals surface area contributed by atoms with Crippen LogP contribution < -0.4 is 5.32 Å². The molecule has 0 spiro atoms. The predicted molar refractivity (Wildman–Crippen MR) is 52.0 cm³/mol. The van der Waals surface area contributed by atoms with Crippen LogP contribution in [0.4, 0.5) is 0 Å². The Balaban J connectivity index is 2.08. The zero-order chi connectivity index (χ0) is 11.0. The maximum atomic E-state index is 11.4. The number of piperidine rings is 1. The number of rotatable bonds is 1. The standard InChI is InChI=1S/C9H11ClN2O3/c10-3-7(13)12-2-1-5-6(4-12)9(15)11-8(5)14/h5-6H,1-4H2,(H,11,14,15)/t5-,6+/m1/s1. The Morgan fingerprint density at radius 3 is 2.73 bits per heavy atom. The summed E-state index contributed by atoms with van der Waals surface area (Å²) in [5, 5.41) is 2.29. The molecule has 0 saturated carbocycles. The first-order chi connectivity index (χ1) is 7.13. The van der Waals surface area contributed by atoms with Gasteiger partial charge in [0, 0.05) is 13.1 Å². The van der Waals surface area contributed by atoms with Crippen molar-refractivity contribution in [3.63, 3.8) is 0 Å². The van der Waals surface area contributed by atoms with Crippen LogP contribution >= 0.6 is 11.6 Å². The first kappa shape index (κ1) is 10.4. The van der Waals surface area contributed by atoms with Crippen molar-refractivity contribution in [2.75, 3.05) is 19.0 Å². The normalized spacial score (nSPS) is 30.1. The highest BCUT2D eigenvalue weighted by Crippen LogP contribution is 2.28. The van der Waals surface area contributed by atoms with E-state index in [1.54, 1.807) is 4.90 Å². The van der Waals surface area contributed by atoms with E-state index in [4.69, 9.17) is 11.6 Å². The highest BCUT2D eigenvalue weighted by molar-refractivity contribution is 6.27. The molecule has 2 saturated heterocycles. The number of carbonyl (C=O) groups excluding carboxylic acids is 3. The van der Waals surface area contributed by atoms with Gasteiger partial charge in [0.05, 0.1) is 11.8 Å². The maximum absolute atomic E-state index is 11.4. The van der Waals surface area contributed by atoms with E-state index in [1.807, 2.05) is 0 Å². The SMILES string of the molecule is O=C1NC(=O)[C@@H]2CCN(C(=O)CCl)C[C@H]12. The summed E-state index contributed by atoms with van der Waals surface area (Å²) in [7, 11) is 0. The van der Waals surface area contributed by atoms with Gasteiger partial charge in [0.25, 0.3) is 0 Å². The van der Waals surface area contributed by atoms with Gasteiger partial charge in [-0.2, -0.15) is 0 Å². The Kier molecular flexibility index (Phi) is 2.65. The third-order valence-electron chi connectivity index (χ3n) is 3.00. The summed E-state index contributed by atoms with van der Waals surface area (Å²) >= 11 is 5.43. The lowest BCUT2D eigenvalue weighted by Gasteiger charge is -2.31. The van der Waals surface area contributed by atoms with Crippen LogP contribution in [0.3, 0.4) is 0 Å². The zero-order valence-corrected chi connectivity index (χ0v) is 8.79. The van der Waals surface area contributed by atoms with Crippen molar-refractivity contribution in [2.45, 2.75) is 6.42 Å². The van der Waals surface area contributed by atoms with E-state index in [2.05, 4.69) is 5.32 Å². The molecule has 0 radical (unpaired) electrons. The molecule has 2 atom stereocenters. The number of amides is 3. The topological polar surface area (TPSA) is 66.5 Å². The quantitative estimate of drug-likeness (QED) is 0.481. The van der Waals surface area contributed by atoms with E-state index in [9.17, 15) is 14.4 Å². The van der Waals surface area contributed by atoms with Gasteiger partial charge in [0.2, 0.25) is 17.7 Å². The largest absolute Gasteiger partial charge is 0.341 e. The van der Waals surface area contributed by atoms with Crippen LogP contribution in [0.15, 0.2) is 0 Å². The van der Waals surface area contributed by atoms with Gasteiger partial charge in [-0.15, -0.1) is 11.6 Å². The fourth-order valence-corrected chi connectivity index (χ4v) is 2.32. The summed E-state index contributed by atoms with van der Waals surface area (Å²) in [4.78, 5) is 35.5. The number of alkyl halides is 1. The van der Waals surface area contributed by atoms with E-state index in [0.717, 1.165) is 0 Å². The highest BCUT2D eigenvalue weighted by atomic mass is 35.5. The summed E-state index contributed by atoms with van der Waals surface area (Å²) in [6.45, 7) is 0.821. The van der Waals surface area contributed by atoms with Crippen molar-refractivity contribution in [1.82, 2.24) is 10.2 Å². The Morgan fingerprint density at radius 1 is 1.40 bits per heavy atom. The molecule has 6 heteroatoms. The van der Waals surface area contributed by atoms with Crippen molar-refractivity contribution in [2.24, 2.45) is 11.8 Å². The second kappa shape index (κ2) is 3.81. The molecule has 0 bridgehead atoms. The lowest BCUT2D eigenvalue weighted by Crippen LogP contribution is -2.45. The van der Waals surface area contributed by atoms with Gasteiger partial charge in [-0.3, -0.25) is 19.7 Å². The molecule has 2 aliphatic rings. The summed E-state index contributed by atoms with van der Waals surface area (Å²) in [5.41, 5.74) is 0. The molecule has 5 nitrogen and oxygen atoms in total. The minimum atomic E-state index is -0.376. The molecule has 3 amide bonds. The van der Waals surface area contributed by atoms with E-state index in [0.29, 0.717) is 19.5 Å². The van der Waals surface area contributed by atoms with Crippen molar-refractivity contribution in [1.29, 1.82) is 0 Å². The Morgan fingerprint density at radius 2 is 2.07 bits per heavy atom. The second-order valence-corrected chi connectivity index (χ2v) is 4.10. The molecule has 2 heterocycles. The number of likely N-dealkylation sites (tertiary alicyclic amines) is 1. The summed E-state index contributed by atoms with van der Waals surface area (Å²) < 4.78 is 0. The Bertz CT molecular complexity index is 331. The first-order valence-electron chi connectivity index (χ1n) is 4.82. The van der Waals surface area contributed by atoms with Crippen molar-refractivity contribution in [3.05, 3.63) is 0 Å². The lowest BCUT2D eigenvalue weighted by atomic mass is 9.88. The number of halogens is 1. The predicted octanol–water partition coefficient (Wildman–Crippen LogP) is -0.654. The molecule has 82 valence electrons. The number of nitrogens with zero attached hydrogens (tertiary/aromatic N) is 1. The fourth-order valence-electron chi connectivity index (χ4n) is 2.15. The highest BCUT2D eigenvalue weighted by Gasteiger charge is 2.45. The van der Waals surface area contributed by atoms with Crippen LogP contribution in [-0.4, -0.2) is 41.6 Å². The van der Waals surface area contributed by atoms with Gasteiger partial charge in [-0.05, 0) is 6.42 Å². The van der Waals surface area contributed by atoms with Crippen molar-refractivity contribution >= 4 is 29.3 Å². The fraction of sp³-hybridized carbons (Fsp3) is 0.667. The summed E-state index contributed by atoms with van der Waals surface area (Å²) in [5.74, 6) is -1.36. The first-order valence-corrected chi connectivity index (χ1v) is 5.35. The van der Waals surface area contributed by atoms with Gasteiger partial charge in [0.15, 0.2) is 0 Å². The van der Waals surface area contributed by atoms with Crippen LogP contribution in [0.2, 0.25) is 0 Å². The number of fused-ring (bicyclic) bond motifs is 1. The van der Waals surface area contributed by atoms with E-state index in [-0.39, 0.29) is 35.4 Å². The molecule has 2 fully saturated rings. The number of imide groups is 1. The second-order valence-electron chi connectivity index (χ2n) is 3.83. The van der Waals surface area contributed by atoms with Crippen molar-refractivity contribution < 1.29 is 14.4 Å². The summed E-state index contributed by atoms with van der Waals surface area (Å²) in [6.07, 6.45) is 0.546. The Hall–Kier alpha value is -1.10. The minimum Gasteiger partial charge on any atom is -0.341 e. The molecule has 0 aromatic carbocycles. The van der Waals surface area contributed by atoms with E-state index < -0.39 is 0 Å². The van der Waals surface area contributed by atoms with E-state index >= 15 is 0 Å². The van der Waals surface area contributed by atoms with Crippen LogP contribution in [0.25, 0.3) is 0 Å². The number of hydrogen-bond acceptors (Lipinski definition) is 3. The molecule has 15 heavy (non-hydrogen) atoms. The smallest absolute Gasteiger partial charge is 0.237 e. The van der Waals surface area contributed by atoms with Gasteiger partial charge in [-0.25, -0.2) is 0 Å². The Labute approximate surface area is 91.7 Å². The number of hydrogen-bond donors (Lipinski definition) is 1. The molecular formula is C9H11ClN2O3. The molecule has 2 aliphatic heterocycles. The van der Waals surface area contributed by atoms with Gasteiger partial charge in [-0.1, -0.05) is 0 Å².